The second-order valence-electron chi connectivity index (χ2n) is 7.25. The van der Waals surface area contributed by atoms with E-state index in [0.717, 1.165) is 49.1 Å². The second kappa shape index (κ2) is 6.64. The number of fused-ring (bicyclic) bond motifs is 1. The molecule has 0 bridgehead atoms. The molecule has 0 atom stereocenters. The second-order valence-corrected chi connectivity index (χ2v) is 7.25. The summed E-state index contributed by atoms with van der Waals surface area (Å²) in [4.78, 5) is 15.0. The molecule has 1 saturated heterocycles. The van der Waals surface area contributed by atoms with Crippen LogP contribution in [0.25, 0.3) is 11.0 Å². The minimum Gasteiger partial charge on any atom is -0.369 e. The largest absolute Gasteiger partial charge is 0.369 e. The molecule has 2 aromatic heterocycles. The van der Waals surface area contributed by atoms with Crippen LogP contribution in [0.1, 0.15) is 31.7 Å². The molecule has 0 radical (unpaired) electrons. The van der Waals surface area contributed by atoms with Gasteiger partial charge in [0.2, 0.25) is 11.9 Å². The molecular weight excluding hydrogens is 326 g/mol. The molecule has 3 N–H and O–H groups in total. The Morgan fingerprint density at radius 2 is 1.96 bits per heavy atom. The first-order valence-electron chi connectivity index (χ1n) is 9.62. The van der Waals surface area contributed by atoms with E-state index in [0.29, 0.717) is 6.04 Å². The van der Waals surface area contributed by atoms with Gasteiger partial charge >= 0.3 is 0 Å². The summed E-state index contributed by atoms with van der Waals surface area (Å²) in [6.07, 6.45) is 9.02. The van der Waals surface area contributed by atoms with E-state index in [4.69, 9.17) is 4.98 Å². The van der Waals surface area contributed by atoms with Crippen LogP contribution in [-0.2, 0) is 0 Å². The number of aromatic amines is 1. The van der Waals surface area contributed by atoms with Crippen molar-refractivity contribution in [3.63, 3.8) is 0 Å². The molecule has 7 heteroatoms. The number of H-pyrrole nitrogens is 1. The summed E-state index contributed by atoms with van der Waals surface area (Å²) in [5, 5.41) is 6.78. The lowest BCUT2D eigenvalue weighted by Gasteiger charge is -2.29. The van der Waals surface area contributed by atoms with Gasteiger partial charge in [-0.25, -0.2) is 9.97 Å². The summed E-state index contributed by atoms with van der Waals surface area (Å²) in [7, 11) is 0. The van der Waals surface area contributed by atoms with Crippen molar-refractivity contribution in [3.8, 4) is 0 Å². The number of aromatic nitrogens is 4. The highest BCUT2D eigenvalue weighted by Crippen LogP contribution is 2.32. The molecule has 2 aliphatic rings. The van der Waals surface area contributed by atoms with Crippen LogP contribution < -0.4 is 15.5 Å². The molecule has 3 aromatic rings. The molecule has 1 aliphatic heterocycles. The van der Waals surface area contributed by atoms with Gasteiger partial charge in [0.05, 0.1) is 11.0 Å². The summed E-state index contributed by atoms with van der Waals surface area (Å²) in [6.45, 7) is 4.17. The summed E-state index contributed by atoms with van der Waals surface area (Å²) in [6, 6.07) is 7.02. The number of benzene rings is 1. The van der Waals surface area contributed by atoms with Gasteiger partial charge in [-0.15, -0.1) is 0 Å². The zero-order chi connectivity index (χ0) is 17.3. The number of anilines is 3. The molecule has 5 rings (SSSR count). The van der Waals surface area contributed by atoms with Gasteiger partial charge in [0, 0.05) is 50.3 Å². The summed E-state index contributed by atoms with van der Waals surface area (Å²) < 4.78 is 2.26. The van der Waals surface area contributed by atoms with Crippen molar-refractivity contribution in [2.24, 2.45) is 0 Å². The van der Waals surface area contributed by atoms with Crippen molar-refractivity contribution in [2.45, 2.75) is 31.7 Å². The van der Waals surface area contributed by atoms with E-state index in [1.54, 1.807) is 0 Å². The molecular formula is C19H25N7. The normalized spacial score (nSPS) is 18.7. The fourth-order valence-electron chi connectivity index (χ4n) is 4.17. The van der Waals surface area contributed by atoms with Crippen LogP contribution in [0.2, 0.25) is 0 Å². The van der Waals surface area contributed by atoms with Gasteiger partial charge in [-0.1, -0.05) is 12.8 Å². The minimum absolute atomic E-state index is 0.559. The van der Waals surface area contributed by atoms with Gasteiger partial charge in [-0.05, 0) is 31.0 Å². The molecule has 1 saturated carbocycles. The number of rotatable bonds is 4. The van der Waals surface area contributed by atoms with Crippen molar-refractivity contribution < 1.29 is 0 Å². The molecule has 7 nitrogen and oxygen atoms in total. The van der Waals surface area contributed by atoms with Crippen LogP contribution in [0.4, 0.5) is 17.6 Å². The van der Waals surface area contributed by atoms with Gasteiger partial charge in [-0.2, -0.15) is 0 Å². The van der Waals surface area contributed by atoms with E-state index < -0.39 is 0 Å². The highest BCUT2D eigenvalue weighted by Gasteiger charge is 2.20. The average Bonchev–Trinajstić information content (AvgIpc) is 3.42. The molecule has 1 aliphatic carbocycles. The van der Waals surface area contributed by atoms with Crippen LogP contribution >= 0.6 is 0 Å². The molecule has 26 heavy (non-hydrogen) atoms. The van der Waals surface area contributed by atoms with Crippen molar-refractivity contribution in [2.75, 3.05) is 36.4 Å². The number of nitrogens with zero attached hydrogens (tertiary/aromatic N) is 4. The Morgan fingerprint density at radius 1 is 1.12 bits per heavy atom. The standard InChI is InChI=1S/C19H25N7/c1-2-4-14(3-1)26-12-9-21-19(26)24-18-22-16-6-5-15(13-17(16)23-18)25-10-7-20-8-11-25/h5-6,9,12-14,20H,1-4,7-8,10-11H2,(H2,21,22,23,24). The third kappa shape index (κ3) is 2.92. The molecule has 136 valence electrons. The number of hydrogen-bond acceptors (Lipinski definition) is 5. The van der Waals surface area contributed by atoms with Crippen molar-refractivity contribution in [1.29, 1.82) is 0 Å². The average molecular weight is 351 g/mol. The maximum Gasteiger partial charge on any atom is 0.209 e. The first kappa shape index (κ1) is 15.7. The van der Waals surface area contributed by atoms with E-state index in [9.17, 15) is 0 Å². The van der Waals surface area contributed by atoms with Gasteiger partial charge in [-0.3, -0.25) is 5.32 Å². The van der Waals surface area contributed by atoms with Crippen LogP contribution in [0.5, 0.6) is 0 Å². The van der Waals surface area contributed by atoms with Crippen molar-refractivity contribution in [1.82, 2.24) is 24.8 Å². The quantitative estimate of drug-likeness (QED) is 0.674. The van der Waals surface area contributed by atoms with Gasteiger partial charge in [0.1, 0.15) is 0 Å². The summed E-state index contributed by atoms with van der Waals surface area (Å²) >= 11 is 0. The van der Waals surface area contributed by atoms with Crippen LogP contribution in [0.15, 0.2) is 30.6 Å². The number of piperazine rings is 1. The number of imidazole rings is 2. The first-order valence-corrected chi connectivity index (χ1v) is 9.62. The predicted molar refractivity (Wildman–Crippen MR) is 104 cm³/mol. The fraction of sp³-hybridized carbons (Fsp3) is 0.474. The fourth-order valence-corrected chi connectivity index (χ4v) is 4.17. The van der Waals surface area contributed by atoms with Crippen LogP contribution in [-0.4, -0.2) is 45.7 Å². The van der Waals surface area contributed by atoms with Gasteiger partial charge in [0.15, 0.2) is 0 Å². The van der Waals surface area contributed by atoms with E-state index >= 15 is 0 Å². The number of nitrogens with one attached hydrogen (secondary N) is 3. The van der Waals surface area contributed by atoms with E-state index in [1.807, 2.05) is 6.20 Å². The lowest BCUT2D eigenvalue weighted by atomic mass is 10.2. The summed E-state index contributed by atoms with van der Waals surface area (Å²) in [5.74, 6) is 1.63. The molecule has 2 fully saturated rings. The molecule has 0 unspecified atom stereocenters. The molecule has 1 aromatic carbocycles. The van der Waals surface area contributed by atoms with Crippen LogP contribution in [0, 0.1) is 0 Å². The predicted octanol–water partition coefficient (Wildman–Crippen LogP) is 3.03. The van der Waals surface area contributed by atoms with E-state index in [-0.39, 0.29) is 0 Å². The maximum absolute atomic E-state index is 4.69. The number of hydrogen-bond donors (Lipinski definition) is 3. The minimum atomic E-state index is 0.559. The first-order chi connectivity index (χ1) is 12.9. The Morgan fingerprint density at radius 3 is 2.81 bits per heavy atom. The third-order valence-corrected chi connectivity index (χ3v) is 5.56. The molecule has 3 heterocycles. The third-order valence-electron chi connectivity index (χ3n) is 5.56. The zero-order valence-corrected chi connectivity index (χ0v) is 14.9. The van der Waals surface area contributed by atoms with Crippen LogP contribution in [0.3, 0.4) is 0 Å². The highest BCUT2D eigenvalue weighted by atomic mass is 15.3. The van der Waals surface area contributed by atoms with E-state index in [1.165, 1.54) is 31.4 Å². The van der Waals surface area contributed by atoms with E-state index in [2.05, 4.69) is 54.5 Å². The maximum atomic E-state index is 4.69. The Hall–Kier alpha value is -2.54. The lowest BCUT2D eigenvalue weighted by molar-refractivity contribution is 0.524. The summed E-state index contributed by atoms with van der Waals surface area (Å²) in [5.41, 5.74) is 3.29. The lowest BCUT2D eigenvalue weighted by Crippen LogP contribution is -2.43. The Kier molecular flexibility index (Phi) is 4.01. The van der Waals surface area contributed by atoms with Crippen molar-refractivity contribution in [3.05, 3.63) is 30.6 Å². The zero-order valence-electron chi connectivity index (χ0n) is 14.9. The topological polar surface area (TPSA) is 73.8 Å². The van der Waals surface area contributed by atoms with Gasteiger partial charge < -0.3 is 19.8 Å². The Balaban J connectivity index is 1.39. The molecule has 0 spiro atoms. The Labute approximate surface area is 152 Å². The monoisotopic (exact) mass is 351 g/mol. The highest BCUT2D eigenvalue weighted by molar-refractivity contribution is 5.82. The van der Waals surface area contributed by atoms with Crippen molar-refractivity contribution >= 4 is 28.6 Å². The smallest absolute Gasteiger partial charge is 0.209 e. The van der Waals surface area contributed by atoms with Gasteiger partial charge in [0.25, 0.3) is 0 Å². The SMILES string of the molecule is c1cn(C2CCCC2)c(Nc2nc3ccc(N4CCNCC4)cc3[nH]2)n1. The Bertz CT molecular complexity index is 884. The molecule has 0 amide bonds.